The van der Waals surface area contributed by atoms with Crippen molar-refractivity contribution in [2.24, 2.45) is 5.16 Å². The number of halogens is 2. The molecule has 4 rings (SSSR count). The van der Waals surface area contributed by atoms with Crippen LogP contribution in [0.1, 0.15) is 17.9 Å². The predicted molar refractivity (Wildman–Crippen MR) is 104 cm³/mol. The molecule has 0 bridgehead atoms. The van der Waals surface area contributed by atoms with Crippen molar-refractivity contribution in [1.82, 2.24) is 15.5 Å². The maximum absolute atomic E-state index is 13.0. The van der Waals surface area contributed by atoms with Gasteiger partial charge in [0.1, 0.15) is 17.6 Å². The Hall–Kier alpha value is -3.26. The van der Waals surface area contributed by atoms with Crippen molar-refractivity contribution in [3.05, 3.63) is 70.8 Å². The molecule has 29 heavy (non-hydrogen) atoms. The summed E-state index contributed by atoms with van der Waals surface area (Å²) >= 11 is 5.85. The number of hydrogen-bond donors (Lipinski definition) is 1. The van der Waals surface area contributed by atoms with Gasteiger partial charge in [0.05, 0.1) is 6.42 Å². The summed E-state index contributed by atoms with van der Waals surface area (Å²) in [6, 6.07) is 13.0. The first kappa shape index (κ1) is 19.1. The summed E-state index contributed by atoms with van der Waals surface area (Å²) in [4.78, 5) is 21.9. The van der Waals surface area contributed by atoms with E-state index < -0.39 is 0 Å². The summed E-state index contributed by atoms with van der Waals surface area (Å²) < 4.78 is 18.2. The van der Waals surface area contributed by atoms with Gasteiger partial charge in [-0.3, -0.25) is 4.79 Å². The van der Waals surface area contributed by atoms with Crippen molar-refractivity contribution < 1.29 is 18.5 Å². The maximum atomic E-state index is 13.0. The van der Waals surface area contributed by atoms with E-state index in [1.807, 2.05) is 12.1 Å². The molecule has 0 fully saturated rings. The van der Waals surface area contributed by atoms with Crippen LogP contribution in [0.4, 0.5) is 4.39 Å². The normalized spacial score (nSPS) is 15.7. The fraction of sp³-hybridized carbons (Fsp3) is 0.200. The fourth-order valence-electron chi connectivity index (χ4n) is 2.81. The molecule has 3 aromatic rings. The quantitative estimate of drug-likeness (QED) is 0.666. The van der Waals surface area contributed by atoms with Gasteiger partial charge in [0.15, 0.2) is 0 Å². The van der Waals surface area contributed by atoms with Gasteiger partial charge in [0.2, 0.25) is 11.7 Å². The van der Waals surface area contributed by atoms with Crippen LogP contribution in [0, 0.1) is 5.82 Å². The summed E-state index contributed by atoms with van der Waals surface area (Å²) in [7, 11) is 0. The third kappa shape index (κ3) is 4.78. The van der Waals surface area contributed by atoms with Crippen LogP contribution in [0.25, 0.3) is 11.4 Å². The average molecular weight is 415 g/mol. The molecular formula is C20H16ClFN4O3. The molecule has 0 aliphatic carbocycles. The third-order valence-corrected chi connectivity index (χ3v) is 4.59. The molecule has 148 valence electrons. The van der Waals surface area contributed by atoms with Gasteiger partial charge in [-0.25, -0.2) is 4.39 Å². The van der Waals surface area contributed by atoms with E-state index in [0.29, 0.717) is 47.4 Å². The van der Waals surface area contributed by atoms with Crippen LogP contribution < -0.4 is 5.32 Å². The Kier molecular flexibility index (Phi) is 5.53. The molecule has 0 saturated carbocycles. The molecule has 1 aliphatic heterocycles. The third-order valence-electron chi connectivity index (χ3n) is 4.33. The van der Waals surface area contributed by atoms with Crippen LogP contribution in [0.5, 0.6) is 0 Å². The lowest BCUT2D eigenvalue weighted by molar-refractivity contribution is -0.115. The Morgan fingerprint density at radius 1 is 1.17 bits per heavy atom. The van der Waals surface area contributed by atoms with Crippen molar-refractivity contribution in [3.63, 3.8) is 0 Å². The first-order valence-corrected chi connectivity index (χ1v) is 9.28. The predicted octanol–water partition coefficient (Wildman–Crippen LogP) is 3.53. The van der Waals surface area contributed by atoms with Gasteiger partial charge in [-0.2, -0.15) is 4.98 Å². The standard InChI is InChI=1S/C20H16ClFN4O3/c21-14-5-1-12(2-6-14)11-23-20(27)17-9-16(28-25-17)10-18-24-19(26-29-18)13-3-7-15(22)8-4-13/h1-8,16H,9-11H2,(H,23,27). The number of amides is 1. The van der Waals surface area contributed by atoms with Crippen LogP contribution in [0.3, 0.4) is 0 Å². The highest BCUT2D eigenvalue weighted by atomic mass is 35.5. The lowest BCUT2D eigenvalue weighted by Crippen LogP contribution is -2.30. The van der Waals surface area contributed by atoms with E-state index in [9.17, 15) is 9.18 Å². The molecule has 1 atom stereocenters. The van der Waals surface area contributed by atoms with Gasteiger partial charge in [0.25, 0.3) is 5.91 Å². The molecule has 1 aromatic heterocycles. The molecule has 0 saturated heterocycles. The largest absolute Gasteiger partial charge is 0.391 e. The minimum absolute atomic E-state index is 0.292. The number of rotatable bonds is 6. The highest BCUT2D eigenvalue weighted by Crippen LogP contribution is 2.19. The maximum Gasteiger partial charge on any atom is 0.269 e. The van der Waals surface area contributed by atoms with E-state index >= 15 is 0 Å². The molecule has 1 aliphatic rings. The van der Waals surface area contributed by atoms with E-state index in [1.165, 1.54) is 12.1 Å². The summed E-state index contributed by atoms with van der Waals surface area (Å²) in [6.45, 7) is 0.365. The summed E-state index contributed by atoms with van der Waals surface area (Å²) in [6.07, 6.45) is 0.277. The van der Waals surface area contributed by atoms with E-state index in [0.717, 1.165) is 5.56 Å². The fourth-order valence-corrected chi connectivity index (χ4v) is 2.93. The van der Waals surface area contributed by atoms with Crippen LogP contribution >= 0.6 is 11.6 Å². The SMILES string of the molecule is O=C(NCc1ccc(Cl)cc1)C1=NOC(Cc2nc(-c3ccc(F)cc3)no2)C1. The van der Waals surface area contributed by atoms with Gasteiger partial charge in [-0.1, -0.05) is 34.0 Å². The molecule has 1 unspecified atom stereocenters. The van der Waals surface area contributed by atoms with Crippen LogP contribution in [0.15, 0.2) is 58.2 Å². The number of hydrogen-bond acceptors (Lipinski definition) is 6. The van der Waals surface area contributed by atoms with Crippen molar-refractivity contribution in [3.8, 4) is 11.4 Å². The molecule has 2 heterocycles. The summed E-state index contributed by atoms with van der Waals surface area (Å²) in [5.74, 6) is 0.0861. The topological polar surface area (TPSA) is 89.6 Å². The zero-order chi connectivity index (χ0) is 20.2. The Bertz CT molecular complexity index is 1030. The first-order chi connectivity index (χ1) is 14.1. The van der Waals surface area contributed by atoms with Gasteiger partial charge in [-0.15, -0.1) is 0 Å². The van der Waals surface area contributed by atoms with Crippen molar-refractivity contribution in [2.75, 3.05) is 0 Å². The van der Waals surface area contributed by atoms with Crippen molar-refractivity contribution >= 4 is 23.2 Å². The molecule has 0 spiro atoms. The zero-order valence-corrected chi connectivity index (χ0v) is 15.9. The van der Waals surface area contributed by atoms with Gasteiger partial charge < -0.3 is 14.7 Å². The van der Waals surface area contributed by atoms with Gasteiger partial charge in [0, 0.05) is 23.6 Å². The Morgan fingerprint density at radius 3 is 2.69 bits per heavy atom. The summed E-state index contributed by atoms with van der Waals surface area (Å²) in [5.41, 5.74) is 1.88. The molecule has 2 aromatic carbocycles. The van der Waals surface area contributed by atoms with Crippen molar-refractivity contribution in [1.29, 1.82) is 0 Å². The minimum Gasteiger partial charge on any atom is -0.391 e. The highest BCUT2D eigenvalue weighted by molar-refractivity contribution is 6.39. The number of aromatic nitrogens is 2. The van der Waals surface area contributed by atoms with Gasteiger partial charge in [-0.05, 0) is 42.0 Å². The Morgan fingerprint density at radius 2 is 1.93 bits per heavy atom. The van der Waals surface area contributed by atoms with E-state index in [2.05, 4.69) is 20.6 Å². The monoisotopic (exact) mass is 414 g/mol. The highest BCUT2D eigenvalue weighted by Gasteiger charge is 2.28. The molecule has 7 nitrogen and oxygen atoms in total. The number of carbonyl (C=O) groups is 1. The number of benzene rings is 2. The number of oxime groups is 1. The van der Waals surface area contributed by atoms with E-state index in [4.69, 9.17) is 21.0 Å². The van der Waals surface area contributed by atoms with Gasteiger partial charge >= 0.3 is 0 Å². The smallest absolute Gasteiger partial charge is 0.269 e. The summed E-state index contributed by atoms with van der Waals surface area (Å²) in [5, 5.41) is 11.2. The Balaban J connectivity index is 1.29. The lowest BCUT2D eigenvalue weighted by Gasteiger charge is -2.05. The number of carbonyl (C=O) groups excluding carboxylic acids is 1. The average Bonchev–Trinajstić information content (AvgIpc) is 3.38. The molecule has 9 heteroatoms. The molecule has 1 amide bonds. The first-order valence-electron chi connectivity index (χ1n) is 8.90. The Labute approximate surface area is 170 Å². The number of nitrogens with zero attached hydrogens (tertiary/aromatic N) is 3. The lowest BCUT2D eigenvalue weighted by atomic mass is 10.1. The molecule has 0 radical (unpaired) electrons. The zero-order valence-electron chi connectivity index (χ0n) is 15.1. The second-order valence-electron chi connectivity index (χ2n) is 6.50. The van der Waals surface area contributed by atoms with E-state index in [-0.39, 0.29) is 17.8 Å². The van der Waals surface area contributed by atoms with Crippen LogP contribution in [-0.2, 0) is 22.6 Å². The van der Waals surface area contributed by atoms with Crippen molar-refractivity contribution in [2.45, 2.75) is 25.5 Å². The molecular weight excluding hydrogens is 399 g/mol. The van der Waals surface area contributed by atoms with E-state index in [1.54, 1.807) is 24.3 Å². The van der Waals surface area contributed by atoms with Crippen LogP contribution in [0.2, 0.25) is 5.02 Å². The number of nitrogens with one attached hydrogen (secondary N) is 1. The van der Waals surface area contributed by atoms with Crippen LogP contribution in [-0.4, -0.2) is 27.9 Å². The minimum atomic E-state index is -0.368. The second kappa shape index (κ2) is 8.40. The molecule has 1 N–H and O–H groups in total. The second-order valence-corrected chi connectivity index (χ2v) is 6.94.